The Morgan fingerprint density at radius 1 is 1.44 bits per heavy atom. The van der Waals surface area contributed by atoms with Gasteiger partial charge in [-0.1, -0.05) is 0 Å². The van der Waals surface area contributed by atoms with E-state index in [0.717, 1.165) is 11.4 Å². The number of hydrogen-bond donors (Lipinski definition) is 1. The van der Waals surface area contributed by atoms with E-state index in [1.54, 1.807) is 7.05 Å². The van der Waals surface area contributed by atoms with Crippen molar-refractivity contribution in [2.75, 3.05) is 14.2 Å². The highest BCUT2D eigenvalue weighted by Gasteiger charge is 2.20. The predicted molar refractivity (Wildman–Crippen MR) is 66.5 cm³/mol. The molecule has 16 heavy (non-hydrogen) atoms. The van der Waals surface area contributed by atoms with Crippen LogP contribution in [0.1, 0.15) is 17.2 Å². The van der Waals surface area contributed by atoms with E-state index < -0.39 is 6.72 Å². The fraction of sp³-hybridized carbons (Fsp3) is 0.556. The number of nitrogens with zero attached hydrogens (tertiary/aromatic N) is 2. The van der Waals surface area contributed by atoms with Gasteiger partial charge in [-0.3, -0.25) is 4.57 Å². The highest BCUT2D eigenvalue weighted by atomic mass is 32.7. The van der Waals surface area contributed by atoms with E-state index in [1.165, 1.54) is 18.5 Å². The third kappa shape index (κ3) is 3.87. The van der Waals surface area contributed by atoms with E-state index in [-0.39, 0.29) is 0 Å². The zero-order valence-electron chi connectivity index (χ0n) is 9.85. The van der Waals surface area contributed by atoms with Crippen LogP contribution in [0.4, 0.5) is 0 Å². The summed E-state index contributed by atoms with van der Waals surface area (Å²) in [5, 5.41) is 2.67. The van der Waals surface area contributed by atoms with Crippen molar-refractivity contribution in [3.05, 3.63) is 23.3 Å². The molecule has 0 aromatic carbocycles. The summed E-state index contributed by atoms with van der Waals surface area (Å²) < 4.78 is 16.8. The molecule has 7 heteroatoms. The van der Waals surface area contributed by atoms with Crippen LogP contribution in [0.15, 0.2) is 6.07 Å². The molecule has 0 radical (unpaired) electrons. The van der Waals surface area contributed by atoms with Crippen molar-refractivity contribution in [1.29, 1.82) is 0 Å². The molecule has 0 spiro atoms. The third-order valence-corrected chi connectivity index (χ3v) is 6.06. The van der Waals surface area contributed by atoms with Crippen LogP contribution >= 0.6 is 18.1 Å². The Morgan fingerprint density at radius 3 is 2.44 bits per heavy atom. The zero-order valence-corrected chi connectivity index (χ0v) is 11.6. The van der Waals surface area contributed by atoms with Crippen LogP contribution in [-0.2, 0) is 14.8 Å². The van der Waals surface area contributed by atoms with Crippen LogP contribution in [0, 0.1) is 13.8 Å². The lowest BCUT2D eigenvalue weighted by Gasteiger charge is -2.13. The molecular formula is C9H16N3O2PS. The standard InChI is InChI=1S/C9H16N3O2PS/c1-7-5-8(2)12-9(11-7)6-16-15(13,10-3)14-4/h5H,6H2,1-4H3,(H,10,13). The number of rotatable bonds is 5. The molecule has 0 saturated heterocycles. The molecule has 1 N–H and O–H groups in total. The fourth-order valence-corrected chi connectivity index (χ4v) is 3.61. The molecule has 1 atom stereocenters. The molecule has 0 bridgehead atoms. The highest BCUT2D eigenvalue weighted by Crippen LogP contribution is 2.55. The maximum absolute atomic E-state index is 11.9. The molecule has 0 amide bonds. The Hall–Kier alpha value is -0.420. The molecule has 5 nitrogen and oxygen atoms in total. The smallest absolute Gasteiger partial charge is 0.313 e. The lowest BCUT2D eigenvalue weighted by atomic mass is 10.3. The van der Waals surface area contributed by atoms with Gasteiger partial charge in [-0.05, 0) is 38.3 Å². The molecule has 0 aliphatic rings. The number of hydrogen-bond acceptors (Lipinski definition) is 5. The molecule has 0 aliphatic carbocycles. The average molecular weight is 261 g/mol. The second-order valence-electron chi connectivity index (χ2n) is 3.24. The third-order valence-electron chi connectivity index (χ3n) is 1.91. The van der Waals surface area contributed by atoms with E-state index >= 15 is 0 Å². The van der Waals surface area contributed by atoms with E-state index in [4.69, 9.17) is 4.52 Å². The number of aryl methyl sites for hydroxylation is 2. The van der Waals surface area contributed by atoms with Crippen LogP contribution in [0.25, 0.3) is 0 Å². The maximum atomic E-state index is 11.9. The van der Waals surface area contributed by atoms with Gasteiger partial charge >= 0.3 is 6.72 Å². The van der Waals surface area contributed by atoms with Crippen LogP contribution in [0.3, 0.4) is 0 Å². The van der Waals surface area contributed by atoms with Crippen molar-refractivity contribution in [2.45, 2.75) is 19.6 Å². The van der Waals surface area contributed by atoms with Gasteiger partial charge < -0.3 is 4.52 Å². The Labute approximate surface area is 99.7 Å². The molecule has 1 aromatic heterocycles. The SMILES string of the molecule is CNP(=O)(OC)SCc1nc(C)cc(C)n1. The van der Waals surface area contributed by atoms with Crippen LogP contribution in [-0.4, -0.2) is 24.1 Å². The number of nitrogens with one attached hydrogen (secondary N) is 1. The van der Waals surface area contributed by atoms with Gasteiger partial charge in [0.25, 0.3) is 0 Å². The molecule has 0 aliphatic heterocycles. The minimum Gasteiger partial charge on any atom is -0.313 e. The first-order valence-corrected chi connectivity index (χ1v) is 8.01. The van der Waals surface area contributed by atoms with E-state index in [1.807, 2.05) is 19.9 Å². The van der Waals surface area contributed by atoms with Gasteiger partial charge in [-0.2, -0.15) is 0 Å². The van der Waals surface area contributed by atoms with Gasteiger partial charge in [0, 0.05) is 18.5 Å². The fourth-order valence-electron chi connectivity index (χ4n) is 1.21. The monoisotopic (exact) mass is 261 g/mol. The van der Waals surface area contributed by atoms with Crippen LogP contribution < -0.4 is 5.09 Å². The van der Waals surface area contributed by atoms with Gasteiger partial charge in [0.15, 0.2) is 0 Å². The molecule has 90 valence electrons. The normalized spacial score (nSPS) is 14.8. The number of aromatic nitrogens is 2. The van der Waals surface area contributed by atoms with Gasteiger partial charge in [-0.25, -0.2) is 15.1 Å². The van der Waals surface area contributed by atoms with E-state index in [2.05, 4.69) is 15.1 Å². The first-order chi connectivity index (χ1) is 7.49. The minimum atomic E-state index is -2.79. The Bertz CT molecular complexity index is 385. The summed E-state index contributed by atoms with van der Waals surface area (Å²) in [7, 11) is 3.03. The summed E-state index contributed by atoms with van der Waals surface area (Å²) in [6, 6.07) is 1.90. The van der Waals surface area contributed by atoms with Crippen molar-refractivity contribution < 1.29 is 9.09 Å². The molecule has 0 saturated carbocycles. The van der Waals surface area contributed by atoms with Gasteiger partial charge in [-0.15, -0.1) is 0 Å². The summed E-state index contributed by atoms with van der Waals surface area (Å²) in [5.41, 5.74) is 1.83. The van der Waals surface area contributed by atoms with Crippen molar-refractivity contribution in [3.63, 3.8) is 0 Å². The largest absolute Gasteiger partial charge is 0.326 e. The predicted octanol–water partition coefficient (Wildman–Crippen LogP) is 2.30. The van der Waals surface area contributed by atoms with Crippen molar-refractivity contribution in [1.82, 2.24) is 15.1 Å². The second-order valence-corrected chi connectivity index (χ2v) is 7.81. The van der Waals surface area contributed by atoms with Gasteiger partial charge in [0.05, 0.1) is 5.75 Å². The second kappa shape index (κ2) is 5.77. The van der Waals surface area contributed by atoms with Gasteiger partial charge in [0.1, 0.15) is 5.82 Å². The Morgan fingerprint density at radius 2 is 2.00 bits per heavy atom. The summed E-state index contributed by atoms with van der Waals surface area (Å²) >= 11 is 1.19. The van der Waals surface area contributed by atoms with Crippen LogP contribution in [0.5, 0.6) is 0 Å². The minimum absolute atomic E-state index is 0.467. The molecule has 1 unspecified atom stereocenters. The molecule has 1 aromatic rings. The average Bonchev–Trinajstić information content (AvgIpc) is 2.25. The first kappa shape index (κ1) is 13.6. The molecule has 1 heterocycles. The Kier molecular flexibility index (Phi) is 4.92. The lowest BCUT2D eigenvalue weighted by Crippen LogP contribution is -2.03. The van der Waals surface area contributed by atoms with Crippen molar-refractivity contribution in [2.24, 2.45) is 0 Å². The maximum Gasteiger partial charge on any atom is 0.326 e. The summed E-state index contributed by atoms with van der Waals surface area (Å²) in [6.07, 6.45) is 0. The molecule has 1 rings (SSSR count). The lowest BCUT2D eigenvalue weighted by molar-refractivity contribution is 0.402. The van der Waals surface area contributed by atoms with Gasteiger partial charge in [0.2, 0.25) is 0 Å². The van der Waals surface area contributed by atoms with Crippen LogP contribution in [0.2, 0.25) is 0 Å². The molecular weight excluding hydrogens is 245 g/mol. The summed E-state index contributed by atoms with van der Waals surface area (Å²) in [4.78, 5) is 8.54. The highest BCUT2D eigenvalue weighted by molar-refractivity contribution is 8.55. The van der Waals surface area contributed by atoms with E-state index in [9.17, 15) is 4.57 Å². The Balaban J connectivity index is 2.71. The van der Waals surface area contributed by atoms with E-state index in [0.29, 0.717) is 11.6 Å². The molecule has 0 fully saturated rings. The summed E-state index contributed by atoms with van der Waals surface area (Å²) in [6.45, 7) is 1.04. The summed E-state index contributed by atoms with van der Waals surface area (Å²) in [5.74, 6) is 1.14. The van der Waals surface area contributed by atoms with Crippen molar-refractivity contribution in [3.8, 4) is 0 Å². The quantitative estimate of drug-likeness (QED) is 0.820. The first-order valence-electron chi connectivity index (χ1n) is 4.79. The zero-order chi connectivity index (χ0) is 12.2. The topological polar surface area (TPSA) is 64.1 Å². The van der Waals surface area contributed by atoms with Crippen molar-refractivity contribution >= 4 is 18.1 Å².